The highest BCUT2D eigenvalue weighted by Gasteiger charge is 2.40. The summed E-state index contributed by atoms with van der Waals surface area (Å²) in [6.07, 6.45) is 8.52. The fraction of sp³-hybridized carbons (Fsp3) is 0.394. The molecule has 0 radical (unpaired) electrons. The number of aryl methyl sites for hydroxylation is 1. The van der Waals surface area contributed by atoms with E-state index in [0.717, 1.165) is 23.4 Å². The van der Waals surface area contributed by atoms with Crippen molar-refractivity contribution in [3.63, 3.8) is 0 Å². The Morgan fingerprint density at radius 2 is 1.87 bits per heavy atom. The quantitative estimate of drug-likeness (QED) is 0.153. The number of allylic oxidation sites excluding steroid dienone is 3. The number of rotatable bonds is 11. The Hall–Kier alpha value is -3.54. The van der Waals surface area contributed by atoms with E-state index in [4.69, 9.17) is 9.72 Å². The molecule has 0 fully saturated rings. The lowest BCUT2D eigenvalue weighted by molar-refractivity contribution is 0.0873. The molecule has 2 aromatic heterocycles. The number of sulfonamides is 1. The van der Waals surface area contributed by atoms with Crippen molar-refractivity contribution in [2.45, 2.75) is 70.4 Å². The number of benzene rings is 2. The number of hydrogen-bond donors (Lipinski definition) is 1. The van der Waals surface area contributed by atoms with Gasteiger partial charge in [-0.25, -0.2) is 30.5 Å². The molecule has 46 heavy (non-hydrogen) atoms. The van der Waals surface area contributed by atoms with Crippen LogP contribution < -0.4 is 4.72 Å². The molecule has 0 bridgehead atoms. The van der Waals surface area contributed by atoms with Crippen molar-refractivity contribution in [2.24, 2.45) is 0 Å². The molecule has 2 heterocycles. The van der Waals surface area contributed by atoms with Gasteiger partial charge >= 0.3 is 0 Å². The Bertz CT molecular complexity index is 2150. The lowest BCUT2D eigenvalue weighted by Gasteiger charge is -2.29. The predicted molar refractivity (Wildman–Crippen MR) is 185 cm³/mol. The Morgan fingerprint density at radius 1 is 1.13 bits per heavy atom. The number of hydrogen-bond acceptors (Lipinski definition) is 7. The molecule has 0 aliphatic heterocycles. The summed E-state index contributed by atoms with van der Waals surface area (Å²) >= 11 is 0. The molecule has 13 heteroatoms. The van der Waals surface area contributed by atoms with Crippen molar-refractivity contribution >= 4 is 50.1 Å². The van der Waals surface area contributed by atoms with Crippen LogP contribution in [0.1, 0.15) is 48.8 Å². The number of nitriles is 1. The van der Waals surface area contributed by atoms with Gasteiger partial charge in [0.25, 0.3) is 0 Å². The van der Waals surface area contributed by atoms with E-state index in [2.05, 4.69) is 30.4 Å². The molecule has 2 unspecified atom stereocenters. The van der Waals surface area contributed by atoms with Crippen molar-refractivity contribution in [3.05, 3.63) is 88.9 Å². The highest BCUT2D eigenvalue weighted by atomic mass is 32.2. The summed E-state index contributed by atoms with van der Waals surface area (Å²) in [5, 5.41) is 10.1. The van der Waals surface area contributed by atoms with Crippen molar-refractivity contribution in [1.82, 2.24) is 18.2 Å². The van der Waals surface area contributed by atoms with Crippen LogP contribution in [0.3, 0.4) is 0 Å². The van der Waals surface area contributed by atoms with Gasteiger partial charge in [-0.15, -0.1) is 0 Å². The molecular formula is C33H41N5O5S2Si. The molecule has 4 aromatic rings. The van der Waals surface area contributed by atoms with Crippen LogP contribution in [0.5, 0.6) is 0 Å². The molecule has 1 N–H and O–H groups in total. The van der Waals surface area contributed by atoms with E-state index in [1.807, 2.05) is 36.6 Å². The number of imidazole rings is 1. The van der Waals surface area contributed by atoms with E-state index in [1.165, 1.54) is 3.97 Å². The maximum absolute atomic E-state index is 14.2. The minimum absolute atomic E-state index is 0.117. The van der Waals surface area contributed by atoms with E-state index in [-0.39, 0.29) is 6.73 Å². The van der Waals surface area contributed by atoms with Crippen LogP contribution >= 0.6 is 0 Å². The number of nitrogens with one attached hydrogen (secondary N) is 1. The lowest BCUT2D eigenvalue weighted by atomic mass is 9.98. The Labute approximate surface area is 272 Å². The first-order chi connectivity index (χ1) is 21.4. The fourth-order valence-electron chi connectivity index (χ4n) is 5.92. The Balaban J connectivity index is 1.71. The summed E-state index contributed by atoms with van der Waals surface area (Å²) in [4.78, 5) is 4.86. The van der Waals surface area contributed by atoms with Gasteiger partial charge in [-0.3, -0.25) is 0 Å². The van der Waals surface area contributed by atoms with Crippen LogP contribution in [-0.4, -0.2) is 56.0 Å². The van der Waals surface area contributed by atoms with Gasteiger partial charge in [-0.2, -0.15) is 5.26 Å². The normalized spacial score (nSPS) is 18.2. The van der Waals surface area contributed by atoms with Gasteiger partial charge in [0.05, 0.1) is 34.4 Å². The average molecular weight is 680 g/mol. The van der Waals surface area contributed by atoms with Crippen LogP contribution in [0.15, 0.2) is 66.4 Å². The molecule has 10 nitrogen and oxygen atoms in total. The second-order valence-electron chi connectivity index (χ2n) is 13.5. The first-order valence-electron chi connectivity index (χ1n) is 15.1. The zero-order chi connectivity index (χ0) is 33.7. The zero-order valence-electron chi connectivity index (χ0n) is 27.3. The van der Waals surface area contributed by atoms with Crippen molar-refractivity contribution in [2.75, 3.05) is 12.9 Å². The minimum Gasteiger partial charge on any atom is -0.361 e. The summed E-state index contributed by atoms with van der Waals surface area (Å²) < 4.78 is 65.1. The Morgan fingerprint density at radius 3 is 2.52 bits per heavy atom. The number of fused-ring (bicyclic) bond motifs is 2. The largest absolute Gasteiger partial charge is 0.361 e. The van der Waals surface area contributed by atoms with Crippen molar-refractivity contribution in [3.8, 4) is 6.07 Å². The zero-order valence-corrected chi connectivity index (χ0v) is 30.0. The van der Waals surface area contributed by atoms with E-state index < -0.39 is 38.9 Å². The third kappa shape index (κ3) is 6.63. The van der Waals surface area contributed by atoms with Gasteiger partial charge in [0.15, 0.2) is 0 Å². The highest BCUT2D eigenvalue weighted by molar-refractivity contribution is 7.91. The smallest absolute Gasteiger partial charge is 0.248 e. The van der Waals surface area contributed by atoms with Gasteiger partial charge in [-0.1, -0.05) is 55.6 Å². The highest BCUT2D eigenvalue weighted by Crippen LogP contribution is 2.37. The second-order valence-corrected chi connectivity index (χ2v) is 23.2. The standard InChI is InChI=1S/C33H41N5O5S2Si/c1-23-9-8-15-33(3,20-23)45(41,42)38-16-14-27-26(12-10-24(2)31(27)38)30(36-44(4,39)40)32-35-28-19-25(21-34)11-13-29(28)37(32)22-43-17-18-46(5,6)7/h8-14,16,19-20,30,36H,15,17-18,22H2,1-7H3. The topological polar surface area (TPSA) is 136 Å². The van der Waals surface area contributed by atoms with Crippen LogP contribution in [0.2, 0.25) is 25.7 Å². The molecule has 5 rings (SSSR count). The summed E-state index contributed by atoms with van der Waals surface area (Å²) in [7, 11) is -9.09. The van der Waals surface area contributed by atoms with Gasteiger partial charge in [0.1, 0.15) is 23.3 Å². The van der Waals surface area contributed by atoms with Gasteiger partial charge in [-0.05, 0) is 68.6 Å². The summed E-state index contributed by atoms with van der Waals surface area (Å²) in [5.74, 6) is 0.368. The first kappa shape index (κ1) is 33.8. The van der Waals surface area contributed by atoms with Crippen LogP contribution in [0, 0.1) is 18.3 Å². The molecule has 1 aliphatic rings. The molecule has 2 atom stereocenters. The summed E-state index contributed by atoms with van der Waals surface area (Å²) in [5.41, 5.74) is 4.24. The minimum atomic E-state index is -3.92. The lowest BCUT2D eigenvalue weighted by Crippen LogP contribution is -2.38. The SMILES string of the molecule is CC1=CC(C)(S(=O)(=O)n2ccc3c(C(NS(C)(=O)=O)c4nc5cc(C#N)ccc5n4COCC[Si](C)(C)C)ccc(C)c32)CC=C1. The summed E-state index contributed by atoms with van der Waals surface area (Å²) in [6, 6.07) is 12.6. The number of aromatic nitrogens is 3. The number of nitrogens with zero attached hydrogens (tertiary/aromatic N) is 4. The van der Waals surface area contributed by atoms with Gasteiger partial charge in [0, 0.05) is 26.3 Å². The second kappa shape index (κ2) is 12.2. The Kier molecular flexibility index (Phi) is 9.00. The third-order valence-corrected chi connectivity index (χ3v) is 13.0. The fourth-order valence-corrected chi connectivity index (χ4v) is 9.13. The van der Waals surface area contributed by atoms with E-state index >= 15 is 0 Å². The maximum atomic E-state index is 14.2. The van der Waals surface area contributed by atoms with Crippen LogP contribution in [0.25, 0.3) is 21.9 Å². The molecule has 0 amide bonds. The molecule has 2 aromatic carbocycles. The van der Waals surface area contributed by atoms with E-state index in [1.54, 1.807) is 49.5 Å². The predicted octanol–water partition coefficient (Wildman–Crippen LogP) is 5.96. The molecule has 0 saturated carbocycles. The van der Waals surface area contributed by atoms with Crippen molar-refractivity contribution < 1.29 is 21.6 Å². The summed E-state index contributed by atoms with van der Waals surface area (Å²) in [6.45, 7) is 12.9. The third-order valence-electron chi connectivity index (χ3n) is 8.36. The molecule has 1 aliphatic carbocycles. The van der Waals surface area contributed by atoms with E-state index in [0.29, 0.717) is 51.9 Å². The molecule has 0 saturated heterocycles. The average Bonchev–Trinajstić information content (AvgIpc) is 3.56. The molecule has 0 spiro atoms. The molecule has 244 valence electrons. The first-order valence-corrected chi connectivity index (χ1v) is 22.1. The maximum Gasteiger partial charge on any atom is 0.248 e. The van der Waals surface area contributed by atoms with Gasteiger partial charge < -0.3 is 9.30 Å². The molecular weight excluding hydrogens is 639 g/mol. The van der Waals surface area contributed by atoms with Crippen molar-refractivity contribution in [1.29, 1.82) is 5.26 Å². The van der Waals surface area contributed by atoms with E-state index in [9.17, 15) is 22.1 Å². The van der Waals surface area contributed by atoms with Gasteiger partial charge in [0.2, 0.25) is 20.0 Å². The van der Waals surface area contributed by atoms with Crippen LogP contribution in [0.4, 0.5) is 0 Å². The number of ether oxygens (including phenoxy) is 1. The van der Waals surface area contributed by atoms with Crippen LogP contribution in [-0.2, 0) is 31.5 Å². The monoisotopic (exact) mass is 679 g/mol.